The van der Waals surface area contributed by atoms with Crippen LogP contribution in [0.5, 0.6) is 0 Å². The molecule has 98 valence electrons. The van der Waals surface area contributed by atoms with Crippen molar-refractivity contribution in [2.75, 3.05) is 11.9 Å². The summed E-state index contributed by atoms with van der Waals surface area (Å²) in [7, 11) is 0. The standard InChI is InChI=1S/C10H6BrF5N2/c11-7-5(3-17)1-2-6(8(7)12)18-4-10(15,16)9(13)14/h1-2,9,18H,4H2. The Kier molecular flexibility index (Phi) is 4.51. The van der Waals surface area contributed by atoms with Gasteiger partial charge in [-0.1, -0.05) is 0 Å². The minimum absolute atomic E-state index is 0.0290. The highest BCUT2D eigenvalue weighted by molar-refractivity contribution is 9.10. The summed E-state index contributed by atoms with van der Waals surface area (Å²) in [5, 5.41) is 10.5. The average Bonchev–Trinajstić information content (AvgIpc) is 2.31. The highest BCUT2D eigenvalue weighted by Gasteiger charge is 2.40. The van der Waals surface area contributed by atoms with Crippen LogP contribution in [-0.4, -0.2) is 18.9 Å². The van der Waals surface area contributed by atoms with E-state index < -0.39 is 24.7 Å². The van der Waals surface area contributed by atoms with Gasteiger partial charge in [-0.25, -0.2) is 13.2 Å². The Hall–Kier alpha value is -1.36. The third kappa shape index (κ3) is 3.10. The van der Waals surface area contributed by atoms with E-state index in [-0.39, 0.29) is 15.7 Å². The fourth-order valence-electron chi connectivity index (χ4n) is 1.06. The summed E-state index contributed by atoms with van der Waals surface area (Å²) in [6.45, 7) is -1.40. The third-order valence-corrected chi connectivity index (χ3v) is 2.81. The second-order valence-electron chi connectivity index (χ2n) is 3.32. The number of halogens is 6. The Balaban J connectivity index is 2.88. The molecule has 1 rings (SSSR count). The van der Waals surface area contributed by atoms with Crippen molar-refractivity contribution in [3.05, 3.63) is 28.0 Å². The first kappa shape index (κ1) is 14.7. The van der Waals surface area contributed by atoms with Gasteiger partial charge < -0.3 is 5.32 Å². The van der Waals surface area contributed by atoms with Gasteiger partial charge in [0.05, 0.1) is 22.3 Å². The summed E-state index contributed by atoms with van der Waals surface area (Å²) >= 11 is 2.77. The lowest BCUT2D eigenvalue weighted by atomic mass is 10.2. The zero-order valence-electron chi connectivity index (χ0n) is 8.65. The first-order valence-corrected chi connectivity index (χ1v) is 5.37. The first-order chi connectivity index (χ1) is 8.29. The lowest BCUT2D eigenvalue weighted by Crippen LogP contribution is -2.35. The van der Waals surface area contributed by atoms with Gasteiger partial charge in [0, 0.05) is 0 Å². The molecule has 0 radical (unpaired) electrons. The smallest absolute Gasteiger partial charge is 0.324 e. The SMILES string of the molecule is N#Cc1ccc(NCC(F)(F)C(F)F)c(F)c1Br. The largest absolute Gasteiger partial charge is 0.376 e. The maximum atomic E-state index is 13.5. The number of nitriles is 1. The number of anilines is 1. The molecule has 0 bridgehead atoms. The van der Waals surface area contributed by atoms with Gasteiger partial charge in [0.1, 0.15) is 6.07 Å². The molecule has 0 aliphatic rings. The molecule has 2 nitrogen and oxygen atoms in total. The highest BCUT2D eigenvalue weighted by atomic mass is 79.9. The molecule has 0 aromatic heterocycles. The molecular weight excluding hydrogens is 323 g/mol. The van der Waals surface area contributed by atoms with Crippen LogP contribution in [0.2, 0.25) is 0 Å². The van der Waals surface area contributed by atoms with E-state index >= 15 is 0 Å². The summed E-state index contributed by atoms with van der Waals surface area (Å²) < 4.78 is 62.3. The van der Waals surface area contributed by atoms with Crippen molar-refractivity contribution in [1.82, 2.24) is 0 Å². The first-order valence-electron chi connectivity index (χ1n) is 4.57. The maximum absolute atomic E-state index is 13.5. The van der Waals surface area contributed by atoms with Gasteiger partial charge in [-0.2, -0.15) is 14.0 Å². The van der Waals surface area contributed by atoms with E-state index in [2.05, 4.69) is 15.9 Å². The van der Waals surface area contributed by atoms with Crippen LogP contribution in [0.1, 0.15) is 5.56 Å². The van der Waals surface area contributed by atoms with Crippen LogP contribution >= 0.6 is 15.9 Å². The van der Waals surface area contributed by atoms with Gasteiger partial charge >= 0.3 is 12.3 Å². The molecule has 0 fully saturated rings. The van der Waals surface area contributed by atoms with Crippen LogP contribution in [0, 0.1) is 17.1 Å². The Morgan fingerprint density at radius 3 is 2.50 bits per heavy atom. The fourth-order valence-corrected chi connectivity index (χ4v) is 1.50. The van der Waals surface area contributed by atoms with Gasteiger partial charge in [-0.05, 0) is 28.1 Å². The summed E-state index contributed by atoms with van der Waals surface area (Å²) in [4.78, 5) is 0. The van der Waals surface area contributed by atoms with E-state index in [0.29, 0.717) is 0 Å². The molecule has 1 aromatic rings. The molecule has 0 aliphatic carbocycles. The topological polar surface area (TPSA) is 35.8 Å². The van der Waals surface area contributed by atoms with Crippen LogP contribution in [0.25, 0.3) is 0 Å². The molecule has 8 heteroatoms. The van der Waals surface area contributed by atoms with E-state index in [0.717, 1.165) is 6.07 Å². The molecule has 18 heavy (non-hydrogen) atoms. The zero-order chi connectivity index (χ0) is 13.9. The third-order valence-electron chi connectivity index (χ3n) is 2.04. The highest BCUT2D eigenvalue weighted by Crippen LogP contribution is 2.28. The lowest BCUT2D eigenvalue weighted by Gasteiger charge is -2.17. The van der Waals surface area contributed by atoms with E-state index in [1.54, 1.807) is 6.07 Å². The number of alkyl halides is 4. The van der Waals surface area contributed by atoms with Gasteiger partial charge in [0.2, 0.25) is 0 Å². The Bertz CT molecular complexity index is 484. The second kappa shape index (κ2) is 5.52. The summed E-state index contributed by atoms with van der Waals surface area (Å²) in [5.74, 6) is -5.24. The van der Waals surface area contributed by atoms with Crippen molar-refractivity contribution in [2.45, 2.75) is 12.3 Å². The number of hydrogen-bond acceptors (Lipinski definition) is 2. The minimum atomic E-state index is -4.26. The number of nitrogens with one attached hydrogen (secondary N) is 1. The Labute approximate surface area is 108 Å². The minimum Gasteiger partial charge on any atom is -0.376 e. The quantitative estimate of drug-likeness (QED) is 0.854. The van der Waals surface area contributed by atoms with Crippen molar-refractivity contribution >= 4 is 21.6 Å². The van der Waals surface area contributed by atoms with Crippen LogP contribution in [0.4, 0.5) is 27.6 Å². The molecule has 0 heterocycles. The number of nitrogens with zero attached hydrogens (tertiary/aromatic N) is 1. The van der Waals surface area contributed by atoms with E-state index in [1.807, 2.05) is 5.32 Å². The molecule has 0 aliphatic heterocycles. The van der Waals surface area contributed by atoms with Crippen LogP contribution in [0.3, 0.4) is 0 Å². The molecule has 0 atom stereocenters. The van der Waals surface area contributed by atoms with Crippen LogP contribution in [-0.2, 0) is 0 Å². The predicted molar refractivity (Wildman–Crippen MR) is 58.3 cm³/mol. The van der Waals surface area contributed by atoms with Crippen molar-refractivity contribution in [2.24, 2.45) is 0 Å². The van der Waals surface area contributed by atoms with E-state index in [1.165, 1.54) is 6.07 Å². The second-order valence-corrected chi connectivity index (χ2v) is 4.11. The van der Waals surface area contributed by atoms with E-state index in [9.17, 15) is 22.0 Å². The number of benzene rings is 1. The molecule has 0 saturated carbocycles. The summed E-state index contributed by atoms with van der Waals surface area (Å²) in [5.41, 5.74) is -0.417. The predicted octanol–water partition coefficient (Wildman–Crippen LogP) is 3.77. The normalized spacial score (nSPS) is 11.4. The monoisotopic (exact) mass is 328 g/mol. The van der Waals surface area contributed by atoms with Crippen molar-refractivity contribution in [3.63, 3.8) is 0 Å². The van der Waals surface area contributed by atoms with Crippen molar-refractivity contribution in [1.29, 1.82) is 5.26 Å². The van der Waals surface area contributed by atoms with Gasteiger partial charge in [-0.3, -0.25) is 0 Å². The molecule has 1 aromatic carbocycles. The van der Waals surface area contributed by atoms with Crippen molar-refractivity contribution < 1.29 is 22.0 Å². The molecule has 0 amide bonds. The number of rotatable bonds is 4. The molecule has 0 saturated heterocycles. The molecule has 0 unspecified atom stereocenters. The van der Waals surface area contributed by atoms with Gasteiger partial charge in [-0.15, -0.1) is 0 Å². The Morgan fingerprint density at radius 1 is 1.39 bits per heavy atom. The molecule has 0 spiro atoms. The molecule has 1 N–H and O–H groups in total. The summed E-state index contributed by atoms with van der Waals surface area (Å²) in [6.07, 6.45) is -3.84. The zero-order valence-corrected chi connectivity index (χ0v) is 10.2. The Morgan fingerprint density at radius 2 is 2.00 bits per heavy atom. The number of hydrogen-bond donors (Lipinski definition) is 1. The fraction of sp³-hybridized carbons (Fsp3) is 0.300. The van der Waals surface area contributed by atoms with Crippen LogP contribution < -0.4 is 5.32 Å². The summed E-state index contributed by atoms with van der Waals surface area (Å²) in [6, 6.07) is 3.88. The lowest BCUT2D eigenvalue weighted by molar-refractivity contribution is -0.117. The maximum Gasteiger partial charge on any atom is 0.324 e. The van der Waals surface area contributed by atoms with Crippen LogP contribution in [0.15, 0.2) is 16.6 Å². The average molecular weight is 329 g/mol. The molecular formula is C10H6BrF5N2. The van der Waals surface area contributed by atoms with Gasteiger partial charge in [0.25, 0.3) is 0 Å². The van der Waals surface area contributed by atoms with Gasteiger partial charge in [0.15, 0.2) is 5.82 Å². The van der Waals surface area contributed by atoms with E-state index in [4.69, 9.17) is 5.26 Å². The van der Waals surface area contributed by atoms with Crippen molar-refractivity contribution in [3.8, 4) is 6.07 Å².